The number of nitrogens with zero attached hydrogens (tertiary/aromatic N) is 2. The number of rotatable bonds is 3. The fourth-order valence-corrected chi connectivity index (χ4v) is 5.54. The molecule has 0 aliphatic heterocycles. The molecule has 0 fully saturated rings. The van der Waals surface area contributed by atoms with Gasteiger partial charge in [-0.25, -0.2) is 9.97 Å². The van der Waals surface area contributed by atoms with Crippen LogP contribution in [0.2, 0.25) is 0 Å². The fraction of sp³-hybridized carbons (Fsp3) is 0.190. The van der Waals surface area contributed by atoms with Crippen molar-refractivity contribution in [3.63, 3.8) is 0 Å². The minimum Gasteiger partial charge on any atom is -0.397 e. The van der Waals surface area contributed by atoms with Gasteiger partial charge in [0.25, 0.3) is 5.91 Å². The van der Waals surface area contributed by atoms with Crippen molar-refractivity contribution >= 4 is 65.5 Å². The smallest absolute Gasteiger partial charge is 0.269 e. The molecule has 4 aromatic rings. The number of hydrogen-bond acceptors (Lipinski definition) is 6. The van der Waals surface area contributed by atoms with Crippen molar-refractivity contribution in [1.82, 2.24) is 9.97 Å². The molecule has 0 unspecified atom stereocenters. The quantitative estimate of drug-likeness (QED) is 0.379. The average Bonchev–Trinajstić information content (AvgIpc) is 3.32. The third-order valence-corrected chi connectivity index (χ3v) is 7.47. The highest BCUT2D eigenvalue weighted by molar-refractivity contribution is 9.10. The van der Waals surface area contributed by atoms with E-state index in [2.05, 4.69) is 32.3 Å². The van der Waals surface area contributed by atoms with E-state index in [9.17, 15) is 4.79 Å². The fourth-order valence-electron chi connectivity index (χ4n) is 3.57. The van der Waals surface area contributed by atoms with Crippen LogP contribution in [0.15, 0.2) is 40.2 Å². The zero-order valence-electron chi connectivity index (χ0n) is 15.4. The minimum absolute atomic E-state index is 0.236. The number of nitrogens with two attached hydrogens (primary N) is 1. The SMILES string of the molecule is Nc1c(C(=O)Nc2nc(-c3ccc(Br)cc3)cs2)sc2nc3c(cc12)CCCC3. The Hall–Kier alpha value is -2.29. The predicted octanol–water partition coefficient (Wildman–Crippen LogP) is 5.90. The Bertz CT molecular complexity index is 1230. The maximum absolute atomic E-state index is 12.9. The van der Waals surface area contributed by atoms with Crippen LogP contribution in [-0.4, -0.2) is 15.9 Å². The summed E-state index contributed by atoms with van der Waals surface area (Å²) in [6, 6.07) is 10.0. The van der Waals surface area contributed by atoms with Crippen molar-refractivity contribution in [2.24, 2.45) is 0 Å². The van der Waals surface area contributed by atoms with E-state index in [1.165, 1.54) is 41.1 Å². The molecule has 0 bridgehead atoms. The maximum atomic E-state index is 12.9. The molecule has 146 valence electrons. The first kappa shape index (κ1) is 18.7. The Morgan fingerprint density at radius 2 is 1.93 bits per heavy atom. The number of halogens is 1. The molecule has 0 radical (unpaired) electrons. The predicted molar refractivity (Wildman–Crippen MR) is 124 cm³/mol. The Morgan fingerprint density at radius 3 is 2.76 bits per heavy atom. The van der Waals surface area contributed by atoms with E-state index in [0.717, 1.165) is 44.5 Å². The van der Waals surface area contributed by atoms with Crippen molar-refractivity contribution < 1.29 is 4.79 Å². The summed E-state index contributed by atoms with van der Waals surface area (Å²) in [6.45, 7) is 0. The summed E-state index contributed by atoms with van der Waals surface area (Å²) < 4.78 is 1.01. The number of nitrogens with one attached hydrogen (secondary N) is 1. The number of pyridine rings is 1. The van der Waals surface area contributed by atoms with E-state index in [1.807, 2.05) is 29.6 Å². The summed E-state index contributed by atoms with van der Waals surface area (Å²) in [6.07, 6.45) is 4.39. The zero-order valence-corrected chi connectivity index (χ0v) is 18.6. The highest BCUT2D eigenvalue weighted by Gasteiger charge is 2.21. The molecule has 0 atom stereocenters. The third-order valence-electron chi connectivity index (χ3n) is 5.07. The molecule has 1 aliphatic carbocycles. The summed E-state index contributed by atoms with van der Waals surface area (Å²) in [5.74, 6) is -0.236. The van der Waals surface area contributed by atoms with Crippen molar-refractivity contribution in [3.05, 3.63) is 56.3 Å². The normalized spacial score (nSPS) is 13.4. The van der Waals surface area contributed by atoms with Gasteiger partial charge in [-0.1, -0.05) is 28.1 Å². The maximum Gasteiger partial charge on any atom is 0.269 e. The van der Waals surface area contributed by atoms with Gasteiger partial charge in [-0.3, -0.25) is 10.1 Å². The third kappa shape index (κ3) is 3.56. The standard InChI is InChI=1S/C21H17BrN4OS2/c22-13-7-5-11(6-8-13)16-10-28-21(25-16)26-19(27)18-17(23)14-9-12-3-1-2-4-15(12)24-20(14)29-18/h5-10H,1-4,23H2,(H,25,26,27). The topological polar surface area (TPSA) is 80.9 Å². The summed E-state index contributed by atoms with van der Waals surface area (Å²) in [7, 11) is 0. The Morgan fingerprint density at radius 1 is 1.14 bits per heavy atom. The summed E-state index contributed by atoms with van der Waals surface area (Å²) in [5.41, 5.74) is 11.1. The van der Waals surface area contributed by atoms with Crippen molar-refractivity contribution in [3.8, 4) is 11.3 Å². The van der Waals surface area contributed by atoms with Crippen LogP contribution < -0.4 is 11.1 Å². The van der Waals surface area contributed by atoms with Crippen LogP contribution in [-0.2, 0) is 12.8 Å². The second-order valence-electron chi connectivity index (χ2n) is 7.00. The molecule has 8 heteroatoms. The first-order valence-electron chi connectivity index (χ1n) is 9.32. The Balaban J connectivity index is 1.41. The van der Waals surface area contributed by atoms with Gasteiger partial charge in [0.15, 0.2) is 5.13 Å². The summed E-state index contributed by atoms with van der Waals surface area (Å²) >= 11 is 6.18. The second-order valence-corrected chi connectivity index (χ2v) is 9.77. The molecule has 1 amide bonds. The van der Waals surface area contributed by atoms with Gasteiger partial charge in [0.1, 0.15) is 9.71 Å². The monoisotopic (exact) mass is 484 g/mol. The van der Waals surface area contributed by atoms with E-state index in [0.29, 0.717) is 15.7 Å². The van der Waals surface area contributed by atoms with Crippen LogP contribution in [0.1, 0.15) is 33.8 Å². The first-order chi connectivity index (χ1) is 14.1. The largest absolute Gasteiger partial charge is 0.397 e. The number of aromatic nitrogens is 2. The van der Waals surface area contributed by atoms with Crippen molar-refractivity contribution in [2.75, 3.05) is 11.1 Å². The summed E-state index contributed by atoms with van der Waals surface area (Å²) in [4.78, 5) is 23.5. The molecule has 29 heavy (non-hydrogen) atoms. The number of thiophene rings is 1. The van der Waals surface area contributed by atoms with Gasteiger partial charge < -0.3 is 5.73 Å². The van der Waals surface area contributed by atoms with Crippen LogP contribution in [0.5, 0.6) is 0 Å². The van der Waals surface area contributed by atoms with Crippen molar-refractivity contribution in [2.45, 2.75) is 25.7 Å². The summed E-state index contributed by atoms with van der Waals surface area (Å²) in [5, 5.41) is 6.26. The molecular weight excluding hydrogens is 468 g/mol. The molecule has 0 spiro atoms. The highest BCUT2D eigenvalue weighted by atomic mass is 79.9. The molecule has 0 saturated heterocycles. The highest BCUT2D eigenvalue weighted by Crippen LogP contribution is 2.36. The molecule has 3 heterocycles. The lowest BCUT2D eigenvalue weighted by Crippen LogP contribution is -2.11. The Labute approximate surface area is 184 Å². The molecule has 3 aromatic heterocycles. The molecule has 3 N–H and O–H groups in total. The molecule has 1 aromatic carbocycles. The number of carbonyl (C=O) groups excluding carboxylic acids is 1. The van der Waals surface area contributed by atoms with Gasteiger partial charge in [-0.2, -0.15) is 0 Å². The van der Waals surface area contributed by atoms with Crippen LogP contribution in [0, 0.1) is 0 Å². The number of aryl methyl sites for hydroxylation is 2. The van der Waals surface area contributed by atoms with Gasteiger partial charge in [-0.05, 0) is 49.4 Å². The first-order valence-corrected chi connectivity index (χ1v) is 11.8. The van der Waals surface area contributed by atoms with Gasteiger partial charge >= 0.3 is 0 Å². The van der Waals surface area contributed by atoms with Crippen LogP contribution in [0.4, 0.5) is 10.8 Å². The van der Waals surface area contributed by atoms with Gasteiger partial charge in [0.05, 0.1) is 11.4 Å². The van der Waals surface area contributed by atoms with E-state index >= 15 is 0 Å². The van der Waals surface area contributed by atoms with Gasteiger partial charge in [0, 0.05) is 26.5 Å². The van der Waals surface area contributed by atoms with Crippen molar-refractivity contribution in [1.29, 1.82) is 0 Å². The van der Waals surface area contributed by atoms with Crippen LogP contribution in [0.3, 0.4) is 0 Å². The number of fused-ring (bicyclic) bond motifs is 2. The number of benzene rings is 1. The molecule has 5 rings (SSSR count). The lowest BCUT2D eigenvalue weighted by atomic mass is 9.95. The van der Waals surface area contributed by atoms with E-state index in [4.69, 9.17) is 10.7 Å². The zero-order chi connectivity index (χ0) is 20.0. The molecular formula is C21H17BrN4OS2. The average molecular weight is 485 g/mol. The Kier molecular flexibility index (Phi) is 4.85. The van der Waals surface area contributed by atoms with E-state index in [-0.39, 0.29) is 5.91 Å². The minimum atomic E-state index is -0.236. The number of amides is 1. The lowest BCUT2D eigenvalue weighted by molar-refractivity contribution is 0.103. The lowest BCUT2D eigenvalue weighted by Gasteiger charge is -2.14. The number of nitrogen functional groups attached to an aromatic ring is 1. The number of carbonyl (C=O) groups is 1. The molecule has 5 nitrogen and oxygen atoms in total. The van der Waals surface area contributed by atoms with E-state index in [1.54, 1.807) is 0 Å². The molecule has 0 saturated carbocycles. The van der Waals surface area contributed by atoms with Crippen LogP contribution >= 0.6 is 38.6 Å². The van der Waals surface area contributed by atoms with E-state index < -0.39 is 0 Å². The number of thiazole rings is 1. The second kappa shape index (κ2) is 7.51. The molecule has 1 aliphatic rings. The number of hydrogen-bond donors (Lipinski definition) is 2. The van der Waals surface area contributed by atoms with Crippen LogP contribution in [0.25, 0.3) is 21.5 Å². The number of anilines is 2. The van der Waals surface area contributed by atoms with Gasteiger partial charge in [0.2, 0.25) is 0 Å². The van der Waals surface area contributed by atoms with Gasteiger partial charge in [-0.15, -0.1) is 22.7 Å².